The van der Waals surface area contributed by atoms with Crippen molar-refractivity contribution in [3.05, 3.63) is 48.3 Å². The van der Waals surface area contributed by atoms with E-state index in [0.29, 0.717) is 12.0 Å². The summed E-state index contributed by atoms with van der Waals surface area (Å²) in [5, 5.41) is 7.85. The van der Waals surface area contributed by atoms with Crippen molar-refractivity contribution in [3.63, 3.8) is 0 Å². The Morgan fingerprint density at radius 1 is 1.25 bits per heavy atom. The Morgan fingerprint density at radius 3 is 2.80 bits per heavy atom. The summed E-state index contributed by atoms with van der Waals surface area (Å²) in [6, 6.07) is 11.1. The smallest absolute Gasteiger partial charge is 0.0659 e. The lowest BCUT2D eigenvalue weighted by molar-refractivity contribution is 0.516. The Labute approximate surface area is 120 Å². The zero-order chi connectivity index (χ0) is 13.8. The van der Waals surface area contributed by atoms with Crippen LogP contribution in [0.3, 0.4) is 0 Å². The molecule has 0 bridgehead atoms. The number of nitrogens with two attached hydrogens (primary N) is 1. The average Bonchev–Trinajstić information content (AvgIpc) is 3.12. The van der Waals surface area contributed by atoms with Crippen LogP contribution in [-0.4, -0.2) is 22.4 Å². The van der Waals surface area contributed by atoms with E-state index in [2.05, 4.69) is 34.7 Å². The SMILES string of the molecule is NCC1CCCC1Nc1ccc(Cn2cccn2)cc1. The summed E-state index contributed by atoms with van der Waals surface area (Å²) in [6.45, 7) is 1.61. The standard InChI is InChI=1S/C16H22N4/c17-11-14-3-1-4-16(14)19-15-7-5-13(6-8-15)12-20-10-2-9-18-20/h2,5-10,14,16,19H,1,3-4,11-12,17H2. The Balaban J connectivity index is 1.61. The molecule has 1 saturated carbocycles. The molecule has 2 atom stereocenters. The van der Waals surface area contributed by atoms with E-state index >= 15 is 0 Å². The first-order valence-electron chi connectivity index (χ1n) is 7.38. The Morgan fingerprint density at radius 2 is 2.10 bits per heavy atom. The molecule has 106 valence electrons. The minimum absolute atomic E-state index is 0.539. The van der Waals surface area contributed by atoms with Crippen molar-refractivity contribution >= 4 is 5.69 Å². The predicted octanol–water partition coefficient (Wildman–Crippen LogP) is 2.47. The summed E-state index contributed by atoms with van der Waals surface area (Å²) in [5.41, 5.74) is 8.29. The van der Waals surface area contributed by atoms with Gasteiger partial charge in [0.1, 0.15) is 0 Å². The van der Waals surface area contributed by atoms with Crippen LogP contribution in [0.25, 0.3) is 0 Å². The van der Waals surface area contributed by atoms with Crippen LogP contribution >= 0.6 is 0 Å². The molecule has 20 heavy (non-hydrogen) atoms. The van der Waals surface area contributed by atoms with E-state index in [1.54, 1.807) is 0 Å². The topological polar surface area (TPSA) is 55.9 Å². The number of hydrogen-bond donors (Lipinski definition) is 2. The fourth-order valence-electron chi connectivity index (χ4n) is 3.01. The molecule has 1 fully saturated rings. The molecular formula is C16H22N4. The third kappa shape index (κ3) is 3.02. The van der Waals surface area contributed by atoms with Crippen molar-refractivity contribution in [3.8, 4) is 0 Å². The Bertz CT molecular complexity index is 518. The fraction of sp³-hybridized carbons (Fsp3) is 0.438. The van der Waals surface area contributed by atoms with Crippen LogP contribution < -0.4 is 11.1 Å². The predicted molar refractivity (Wildman–Crippen MR) is 81.6 cm³/mol. The van der Waals surface area contributed by atoms with Gasteiger partial charge in [0.2, 0.25) is 0 Å². The number of nitrogens with zero attached hydrogens (tertiary/aromatic N) is 2. The quantitative estimate of drug-likeness (QED) is 0.877. The van der Waals surface area contributed by atoms with E-state index in [0.717, 1.165) is 13.1 Å². The maximum absolute atomic E-state index is 5.83. The van der Waals surface area contributed by atoms with Crippen LogP contribution in [0.1, 0.15) is 24.8 Å². The average molecular weight is 270 g/mol. The molecule has 0 radical (unpaired) electrons. The van der Waals surface area contributed by atoms with Crippen LogP contribution in [-0.2, 0) is 6.54 Å². The van der Waals surface area contributed by atoms with Crippen molar-refractivity contribution in [1.29, 1.82) is 0 Å². The number of hydrogen-bond acceptors (Lipinski definition) is 3. The molecular weight excluding hydrogens is 248 g/mol. The van der Waals surface area contributed by atoms with Gasteiger partial charge < -0.3 is 11.1 Å². The first-order chi connectivity index (χ1) is 9.85. The number of rotatable bonds is 5. The lowest BCUT2D eigenvalue weighted by atomic mass is 10.0. The van der Waals surface area contributed by atoms with E-state index in [9.17, 15) is 0 Å². The lowest BCUT2D eigenvalue weighted by Crippen LogP contribution is -2.29. The highest BCUT2D eigenvalue weighted by atomic mass is 15.3. The first-order valence-corrected chi connectivity index (χ1v) is 7.38. The Hall–Kier alpha value is -1.81. The number of aromatic nitrogens is 2. The van der Waals surface area contributed by atoms with Gasteiger partial charge in [-0.3, -0.25) is 4.68 Å². The molecule has 3 N–H and O–H groups in total. The van der Waals surface area contributed by atoms with Gasteiger partial charge in [-0.2, -0.15) is 5.10 Å². The third-order valence-electron chi connectivity index (χ3n) is 4.17. The molecule has 1 aromatic heterocycles. The van der Waals surface area contributed by atoms with Crippen LogP contribution in [0.5, 0.6) is 0 Å². The molecule has 1 aromatic carbocycles. The summed E-state index contributed by atoms with van der Waals surface area (Å²) in [6.07, 6.45) is 7.57. The summed E-state index contributed by atoms with van der Waals surface area (Å²) in [7, 11) is 0. The first kappa shape index (κ1) is 13.2. The van der Waals surface area contributed by atoms with E-state index in [1.807, 2.05) is 23.1 Å². The van der Waals surface area contributed by atoms with Gasteiger partial charge in [-0.1, -0.05) is 18.6 Å². The van der Waals surface area contributed by atoms with Gasteiger partial charge in [0.05, 0.1) is 6.54 Å². The van der Waals surface area contributed by atoms with Crippen molar-refractivity contribution in [2.45, 2.75) is 31.8 Å². The highest BCUT2D eigenvalue weighted by molar-refractivity contribution is 5.45. The van der Waals surface area contributed by atoms with Gasteiger partial charge in [0.25, 0.3) is 0 Å². The summed E-state index contributed by atoms with van der Waals surface area (Å²) in [4.78, 5) is 0. The molecule has 0 aliphatic heterocycles. The van der Waals surface area contributed by atoms with Crippen LogP contribution in [0.15, 0.2) is 42.7 Å². The van der Waals surface area contributed by atoms with Crippen LogP contribution in [0, 0.1) is 5.92 Å². The molecule has 2 unspecified atom stereocenters. The van der Waals surface area contributed by atoms with Crippen molar-refractivity contribution < 1.29 is 0 Å². The van der Waals surface area contributed by atoms with Gasteiger partial charge in [-0.25, -0.2) is 0 Å². The molecule has 4 heteroatoms. The van der Waals surface area contributed by atoms with E-state index in [-0.39, 0.29) is 0 Å². The van der Waals surface area contributed by atoms with Gasteiger partial charge in [-0.15, -0.1) is 0 Å². The summed E-state index contributed by atoms with van der Waals surface area (Å²) >= 11 is 0. The van der Waals surface area contributed by atoms with Crippen LogP contribution in [0.4, 0.5) is 5.69 Å². The molecule has 1 heterocycles. The molecule has 0 amide bonds. The normalized spacial score (nSPS) is 22.1. The van der Waals surface area contributed by atoms with Crippen molar-refractivity contribution in [2.75, 3.05) is 11.9 Å². The van der Waals surface area contributed by atoms with Crippen LogP contribution in [0.2, 0.25) is 0 Å². The summed E-state index contributed by atoms with van der Waals surface area (Å²) < 4.78 is 1.93. The molecule has 2 aromatic rings. The van der Waals surface area contributed by atoms with Gasteiger partial charge >= 0.3 is 0 Å². The van der Waals surface area contributed by atoms with E-state index in [4.69, 9.17) is 5.73 Å². The second-order valence-corrected chi connectivity index (χ2v) is 5.58. The number of nitrogens with one attached hydrogen (secondary N) is 1. The highest BCUT2D eigenvalue weighted by Gasteiger charge is 2.25. The fourth-order valence-corrected chi connectivity index (χ4v) is 3.01. The van der Waals surface area contributed by atoms with Gasteiger partial charge in [0, 0.05) is 24.1 Å². The minimum atomic E-state index is 0.539. The largest absolute Gasteiger partial charge is 0.382 e. The molecule has 4 nitrogen and oxygen atoms in total. The van der Waals surface area contributed by atoms with Crippen molar-refractivity contribution in [2.24, 2.45) is 11.7 Å². The van der Waals surface area contributed by atoms with Gasteiger partial charge in [-0.05, 0) is 49.1 Å². The monoisotopic (exact) mass is 270 g/mol. The third-order valence-corrected chi connectivity index (χ3v) is 4.17. The molecule has 1 aliphatic carbocycles. The molecule has 1 aliphatic rings. The zero-order valence-corrected chi connectivity index (χ0v) is 11.7. The molecule has 0 spiro atoms. The second-order valence-electron chi connectivity index (χ2n) is 5.58. The Kier molecular flexibility index (Phi) is 4.02. The lowest BCUT2D eigenvalue weighted by Gasteiger charge is -2.20. The van der Waals surface area contributed by atoms with Crippen molar-refractivity contribution in [1.82, 2.24) is 9.78 Å². The number of anilines is 1. The molecule has 0 saturated heterocycles. The second kappa shape index (κ2) is 6.09. The molecule has 3 rings (SSSR count). The maximum atomic E-state index is 5.83. The highest BCUT2D eigenvalue weighted by Crippen LogP contribution is 2.27. The van der Waals surface area contributed by atoms with Gasteiger partial charge in [0.15, 0.2) is 0 Å². The number of benzene rings is 1. The van der Waals surface area contributed by atoms with E-state index in [1.165, 1.54) is 30.5 Å². The minimum Gasteiger partial charge on any atom is -0.382 e. The maximum Gasteiger partial charge on any atom is 0.0659 e. The summed E-state index contributed by atoms with van der Waals surface area (Å²) in [5.74, 6) is 0.624. The van der Waals surface area contributed by atoms with E-state index < -0.39 is 0 Å². The zero-order valence-electron chi connectivity index (χ0n) is 11.7.